The molecule has 0 unspecified atom stereocenters. The molecule has 0 aliphatic rings. The number of furan rings is 1. The highest BCUT2D eigenvalue weighted by Gasteiger charge is 2.17. The second-order valence-corrected chi connectivity index (χ2v) is 7.71. The Morgan fingerprint density at radius 2 is 1.80 bits per heavy atom. The van der Waals surface area contributed by atoms with Gasteiger partial charge in [0.1, 0.15) is 0 Å². The van der Waals surface area contributed by atoms with Gasteiger partial charge < -0.3 is 20.0 Å². The summed E-state index contributed by atoms with van der Waals surface area (Å²) in [5, 5.41) is 6.20. The molecule has 0 aliphatic heterocycles. The maximum Gasteiger partial charge on any atom is 0.291 e. The average molecular weight is 446 g/mol. The zero-order chi connectivity index (χ0) is 21.7. The number of benzene rings is 1. The topological polar surface area (TPSA) is 91.7 Å². The Morgan fingerprint density at radius 1 is 1.03 bits per heavy atom. The molecule has 0 atom stereocenters. The van der Waals surface area contributed by atoms with E-state index in [0.717, 1.165) is 11.3 Å². The SMILES string of the molecule is CCN(CC)C(=O)c1ccc(NC(=O)c2ccc(NC(=O)c3ccco3)s2)cc1Cl. The van der Waals surface area contributed by atoms with Crippen LogP contribution in [0, 0.1) is 0 Å². The van der Waals surface area contributed by atoms with Crippen LogP contribution in [0.15, 0.2) is 53.1 Å². The van der Waals surface area contributed by atoms with Gasteiger partial charge in [0.25, 0.3) is 17.7 Å². The van der Waals surface area contributed by atoms with Crippen LogP contribution in [0.1, 0.15) is 44.4 Å². The van der Waals surface area contributed by atoms with Gasteiger partial charge in [-0.25, -0.2) is 0 Å². The summed E-state index contributed by atoms with van der Waals surface area (Å²) in [5.41, 5.74) is 0.855. The van der Waals surface area contributed by atoms with Crippen molar-refractivity contribution in [1.29, 1.82) is 0 Å². The third-order valence-electron chi connectivity index (χ3n) is 4.32. The predicted octanol–water partition coefficient (Wildman–Crippen LogP) is 4.98. The predicted molar refractivity (Wildman–Crippen MR) is 118 cm³/mol. The van der Waals surface area contributed by atoms with E-state index in [0.29, 0.717) is 34.2 Å². The van der Waals surface area contributed by atoms with E-state index < -0.39 is 5.91 Å². The third kappa shape index (κ3) is 4.90. The van der Waals surface area contributed by atoms with E-state index in [2.05, 4.69) is 10.6 Å². The number of amides is 3. The molecule has 0 bridgehead atoms. The lowest BCUT2D eigenvalue weighted by atomic mass is 10.1. The summed E-state index contributed by atoms with van der Waals surface area (Å²) in [6.45, 7) is 4.97. The van der Waals surface area contributed by atoms with Gasteiger partial charge >= 0.3 is 0 Å². The van der Waals surface area contributed by atoms with E-state index in [1.54, 1.807) is 47.4 Å². The molecule has 3 aromatic rings. The maximum atomic E-state index is 12.5. The third-order valence-corrected chi connectivity index (χ3v) is 5.63. The molecule has 2 N–H and O–H groups in total. The smallest absolute Gasteiger partial charge is 0.291 e. The minimum atomic E-state index is -0.394. The van der Waals surface area contributed by atoms with E-state index in [-0.39, 0.29) is 22.6 Å². The number of hydrogen-bond donors (Lipinski definition) is 2. The lowest BCUT2D eigenvalue weighted by Crippen LogP contribution is -2.30. The van der Waals surface area contributed by atoms with Crippen molar-refractivity contribution >= 4 is 51.3 Å². The van der Waals surface area contributed by atoms with E-state index in [9.17, 15) is 14.4 Å². The Kier molecular flexibility index (Phi) is 6.91. The number of rotatable bonds is 7. The number of halogens is 1. The zero-order valence-corrected chi connectivity index (χ0v) is 18.0. The van der Waals surface area contributed by atoms with Crippen molar-refractivity contribution in [3.8, 4) is 0 Å². The average Bonchev–Trinajstić information content (AvgIpc) is 3.41. The standard InChI is InChI=1S/C21H20ClN3O4S/c1-3-25(4-2)21(28)14-8-7-13(12-15(14)22)23-20(27)17-9-10-18(30-17)24-19(26)16-6-5-11-29-16/h5-12H,3-4H2,1-2H3,(H,23,27)(H,24,26). The number of carbonyl (C=O) groups excluding carboxylic acids is 3. The van der Waals surface area contributed by atoms with Gasteiger partial charge in [0, 0.05) is 18.8 Å². The van der Waals surface area contributed by atoms with Crippen molar-refractivity contribution in [2.45, 2.75) is 13.8 Å². The van der Waals surface area contributed by atoms with Gasteiger partial charge in [-0.3, -0.25) is 14.4 Å². The molecule has 2 aromatic heterocycles. The normalized spacial score (nSPS) is 10.5. The molecule has 1 aromatic carbocycles. The first-order valence-corrected chi connectivity index (χ1v) is 10.5. The van der Waals surface area contributed by atoms with Crippen molar-refractivity contribution < 1.29 is 18.8 Å². The first-order chi connectivity index (χ1) is 14.4. The highest BCUT2D eigenvalue weighted by atomic mass is 35.5. The quantitative estimate of drug-likeness (QED) is 0.536. The van der Waals surface area contributed by atoms with Crippen LogP contribution in [0.4, 0.5) is 10.7 Å². The van der Waals surface area contributed by atoms with Crippen LogP contribution in [0.2, 0.25) is 5.02 Å². The monoisotopic (exact) mass is 445 g/mol. The van der Waals surface area contributed by atoms with Crippen molar-refractivity contribution in [3.63, 3.8) is 0 Å². The van der Waals surface area contributed by atoms with Crippen LogP contribution >= 0.6 is 22.9 Å². The lowest BCUT2D eigenvalue weighted by molar-refractivity contribution is 0.0773. The van der Waals surface area contributed by atoms with Gasteiger partial charge in [0.2, 0.25) is 0 Å². The van der Waals surface area contributed by atoms with E-state index >= 15 is 0 Å². The van der Waals surface area contributed by atoms with Gasteiger partial charge in [-0.15, -0.1) is 11.3 Å². The summed E-state index contributed by atoms with van der Waals surface area (Å²) in [6, 6.07) is 11.2. The fourth-order valence-electron chi connectivity index (χ4n) is 2.75. The van der Waals surface area contributed by atoms with Crippen molar-refractivity contribution in [1.82, 2.24) is 4.90 Å². The molecule has 0 spiro atoms. The van der Waals surface area contributed by atoms with Gasteiger partial charge in [0.05, 0.1) is 26.7 Å². The lowest BCUT2D eigenvalue weighted by Gasteiger charge is -2.19. The van der Waals surface area contributed by atoms with E-state index in [1.807, 2.05) is 13.8 Å². The second-order valence-electron chi connectivity index (χ2n) is 6.22. The Bertz CT molecular complexity index is 1060. The molecule has 0 saturated heterocycles. The van der Waals surface area contributed by atoms with Crippen LogP contribution < -0.4 is 10.6 Å². The second kappa shape index (κ2) is 9.60. The van der Waals surface area contributed by atoms with Gasteiger partial charge in [-0.2, -0.15) is 0 Å². The molecule has 30 heavy (non-hydrogen) atoms. The number of anilines is 2. The van der Waals surface area contributed by atoms with Crippen molar-refractivity contribution in [2.24, 2.45) is 0 Å². The Morgan fingerprint density at radius 3 is 2.43 bits per heavy atom. The van der Waals surface area contributed by atoms with Crippen molar-refractivity contribution in [2.75, 3.05) is 23.7 Å². The summed E-state index contributed by atoms with van der Waals surface area (Å²) >= 11 is 7.40. The zero-order valence-electron chi connectivity index (χ0n) is 16.4. The molecular weight excluding hydrogens is 426 g/mol. The molecule has 156 valence electrons. The fraction of sp³-hybridized carbons (Fsp3) is 0.190. The minimum absolute atomic E-state index is 0.155. The maximum absolute atomic E-state index is 12.5. The highest BCUT2D eigenvalue weighted by Crippen LogP contribution is 2.26. The molecule has 3 rings (SSSR count). The number of thiophene rings is 1. The molecule has 7 nitrogen and oxygen atoms in total. The number of nitrogens with zero attached hydrogens (tertiary/aromatic N) is 1. The molecule has 3 amide bonds. The first-order valence-electron chi connectivity index (χ1n) is 9.27. The molecule has 9 heteroatoms. The number of nitrogens with one attached hydrogen (secondary N) is 2. The van der Waals surface area contributed by atoms with Crippen LogP contribution in [-0.4, -0.2) is 35.7 Å². The Balaban J connectivity index is 1.66. The summed E-state index contributed by atoms with van der Waals surface area (Å²) in [6.07, 6.45) is 1.41. The van der Waals surface area contributed by atoms with Gasteiger partial charge in [-0.1, -0.05) is 11.6 Å². The largest absolute Gasteiger partial charge is 0.459 e. The summed E-state index contributed by atoms with van der Waals surface area (Å²) in [4.78, 5) is 39.1. The molecule has 0 saturated carbocycles. The minimum Gasteiger partial charge on any atom is -0.459 e. The fourth-order valence-corrected chi connectivity index (χ4v) is 3.81. The number of carbonyl (C=O) groups is 3. The highest BCUT2D eigenvalue weighted by molar-refractivity contribution is 7.18. The Labute approximate surface area is 182 Å². The van der Waals surface area contributed by atoms with Crippen LogP contribution in [0.5, 0.6) is 0 Å². The number of hydrogen-bond acceptors (Lipinski definition) is 5. The molecule has 2 heterocycles. The molecule has 0 aliphatic carbocycles. The summed E-state index contributed by atoms with van der Waals surface area (Å²) < 4.78 is 5.04. The summed E-state index contributed by atoms with van der Waals surface area (Å²) in [5.74, 6) is -0.715. The molecule has 0 fully saturated rings. The first kappa shape index (κ1) is 21.6. The van der Waals surface area contributed by atoms with E-state index in [1.165, 1.54) is 6.26 Å². The van der Waals surface area contributed by atoms with Crippen molar-refractivity contribution in [3.05, 3.63) is 70.0 Å². The Hall–Kier alpha value is -3.10. The van der Waals surface area contributed by atoms with E-state index in [4.69, 9.17) is 16.0 Å². The van der Waals surface area contributed by atoms with Gasteiger partial charge in [-0.05, 0) is 56.3 Å². The molecule has 0 radical (unpaired) electrons. The summed E-state index contributed by atoms with van der Waals surface area (Å²) in [7, 11) is 0. The van der Waals surface area contributed by atoms with Crippen LogP contribution in [0.25, 0.3) is 0 Å². The van der Waals surface area contributed by atoms with Crippen LogP contribution in [0.3, 0.4) is 0 Å². The van der Waals surface area contributed by atoms with Gasteiger partial charge in [0.15, 0.2) is 5.76 Å². The molecular formula is C21H20ClN3O4S. The van der Waals surface area contributed by atoms with Crippen LogP contribution in [-0.2, 0) is 0 Å².